The third-order valence-corrected chi connectivity index (χ3v) is 4.03. The van der Waals surface area contributed by atoms with Crippen LogP contribution in [0.3, 0.4) is 0 Å². The van der Waals surface area contributed by atoms with Gasteiger partial charge in [-0.3, -0.25) is 0 Å². The van der Waals surface area contributed by atoms with Gasteiger partial charge in [-0.1, -0.05) is 24.3 Å². The van der Waals surface area contributed by atoms with Gasteiger partial charge in [0.15, 0.2) is 0 Å². The number of ether oxygens (including phenoxy) is 1. The molecule has 0 spiro atoms. The summed E-state index contributed by atoms with van der Waals surface area (Å²) >= 11 is 0. The quantitative estimate of drug-likeness (QED) is 0.582. The molecule has 0 aliphatic carbocycles. The van der Waals surface area contributed by atoms with Gasteiger partial charge in [-0.2, -0.15) is 0 Å². The summed E-state index contributed by atoms with van der Waals surface area (Å²) in [5, 5.41) is 0. The van der Waals surface area contributed by atoms with Gasteiger partial charge in [0.1, 0.15) is 11.6 Å². The summed E-state index contributed by atoms with van der Waals surface area (Å²) in [5.41, 5.74) is 4.05. The van der Waals surface area contributed by atoms with Crippen molar-refractivity contribution in [3.8, 4) is 0 Å². The van der Waals surface area contributed by atoms with Crippen molar-refractivity contribution in [3.63, 3.8) is 0 Å². The van der Waals surface area contributed by atoms with Crippen LogP contribution in [0.5, 0.6) is 0 Å². The number of hydrogen-bond donors (Lipinski definition) is 0. The minimum atomic E-state index is -0.246. The Bertz CT molecular complexity index is 815. The van der Waals surface area contributed by atoms with E-state index in [1.54, 1.807) is 24.3 Å². The first-order valence-electron chi connectivity index (χ1n) is 7.83. The summed E-state index contributed by atoms with van der Waals surface area (Å²) in [6.45, 7) is 3.57. The molecule has 2 nitrogen and oxygen atoms in total. The Kier molecular flexibility index (Phi) is 6.73. The van der Waals surface area contributed by atoms with E-state index >= 15 is 0 Å². The molecule has 1 heterocycles. The zero-order valence-corrected chi connectivity index (χ0v) is 14.7. The molecule has 0 saturated heterocycles. The molecular weight excluding hydrogens is 344 g/mol. The normalized spacial score (nSPS) is 10.5. The average molecular weight is 364 g/mol. The molecule has 0 amide bonds. The Hall–Kier alpha value is -2.17. The molecule has 0 aliphatic rings. The monoisotopic (exact) mass is 363 g/mol. The second-order valence-corrected chi connectivity index (χ2v) is 5.80. The molecule has 0 aliphatic heterocycles. The standard InChI is InChI=1S/C20H19F2NO.ClH/c1-15-18(14-24-13-16-5-7-19(21)8-6-16)9-10-23(15)12-17-3-2-4-20(22)11-17;/h2-11H,12-14H2,1H3;1H. The van der Waals surface area contributed by atoms with Crippen LogP contribution < -0.4 is 0 Å². The van der Waals surface area contributed by atoms with Crippen LogP contribution in [0.1, 0.15) is 22.4 Å². The predicted molar refractivity (Wildman–Crippen MR) is 96.8 cm³/mol. The molecule has 1 aromatic heterocycles. The first-order valence-corrected chi connectivity index (χ1v) is 7.83. The molecule has 0 bridgehead atoms. The van der Waals surface area contributed by atoms with Crippen LogP contribution in [0.25, 0.3) is 0 Å². The number of aromatic nitrogens is 1. The molecule has 3 aromatic rings. The van der Waals surface area contributed by atoms with Gasteiger partial charge in [0, 0.05) is 18.4 Å². The summed E-state index contributed by atoms with van der Waals surface area (Å²) in [6.07, 6.45) is 1.98. The van der Waals surface area contributed by atoms with Crippen molar-refractivity contribution in [2.45, 2.75) is 26.7 Å². The SMILES string of the molecule is Cc1c(COCc2ccc(F)cc2)ccn1Cc1cccc(F)c1.Cl. The Labute approximate surface area is 152 Å². The van der Waals surface area contributed by atoms with Crippen LogP contribution in [0.2, 0.25) is 0 Å². The summed E-state index contributed by atoms with van der Waals surface area (Å²) in [5.74, 6) is -0.468. The van der Waals surface area contributed by atoms with E-state index in [2.05, 4.69) is 4.57 Å². The van der Waals surface area contributed by atoms with Gasteiger partial charge in [0.25, 0.3) is 0 Å². The molecule has 2 aromatic carbocycles. The van der Waals surface area contributed by atoms with Crippen molar-refractivity contribution in [2.75, 3.05) is 0 Å². The largest absolute Gasteiger partial charge is 0.372 e. The maximum atomic E-state index is 13.3. The molecule has 0 N–H and O–H groups in total. The Morgan fingerprint density at radius 1 is 0.880 bits per heavy atom. The Morgan fingerprint density at radius 2 is 1.64 bits per heavy atom. The highest BCUT2D eigenvalue weighted by atomic mass is 35.5. The van der Waals surface area contributed by atoms with E-state index in [0.717, 1.165) is 22.4 Å². The topological polar surface area (TPSA) is 14.2 Å². The maximum Gasteiger partial charge on any atom is 0.123 e. The molecular formula is C20H20ClF2NO. The molecule has 3 rings (SSSR count). The summed E-state index contributed by atoms with van der Waals surface area (Å²) in [6, 6.07) is 14.9. The van der Waals surface area contributed by atoms with Crippen molar-refractivity contribution in [1.82, 2.24) is 4.57 Å². The predicted octanol–water partition coefficient (Wildman–Crippen LogP) is 5.26. The Morgan fingerprint density at radius 3 is 2.36 bits per heavy atom. The molecule has 5 heteroatoms. The lowest BCUT2D eigenvalue weighted by Gasteiger charge is -2.09. The lowest BCUT2D eigenvalue weighted by atomic mass is 10.2. The van der Waals surface area contributed by atoms with Gasteiger partial charge in [0.05, 0.1) is 13.2 Å². The molecule has 0 saturated carbocycles. The van der Waals surface area contributed by atoms with E-state index in [4.69, 9.17) is 4.74 Å². The summed E-state index contributed by atoms with van der Waals surface area (Å²) in [4.78, 5) is 0. The fraction of sp³-hybridized carbons (Fsp3) is 0.200. The van der Waals surface area contributed by atoms with Crippen LogP contribution in [-0.4, -0.2) is 4.57 Å². The lowest BCUT2D eigenvalue weighted by molar-refractivity contribution is 0.106. The first-order chi connectivity index (χ1) is 11.6. The molecule has 0 atom stereocenters. The van der Waals surface area contributed by atoms with E-state index in [9.17, 15) is 8.78 Å². The number of hydrogen-bond acceptors (Lipinski definition) is 1. The van der Waals surface area contributed by atoms with Gasteiger partial charge in [-0.05, 0) is 53.9 Å². The van der Waals surface area contributed by atoms with Crippen LogP contribution in [0.4, 0.5) is 8.78 Å². The fourth-order valence-electron chi connectivity index (χ4n) is 2.61. The molecule has 132 valence electrons. The van der Waals surface area contributed by atoms with Gasteiger partial charge in [-0.25, -0.2) is 8.78 Å². The minimum Gasteiger partial charge on any atom is -0.372 e. The zero-order valence-electron chi connectivity index (χ0n) is 13.9. The third kappa shape index (κ3) is 5.15. The minimum absolute atomic E-state index is 0. The molecule has 0 radical (unpaired) electrons. The third-order valence-electron chi connectivity index (χ3n) is 4.03. The highest BCUT2D eigenvalue weighted by molar-refractivity contribution is 5.85. The highest BCUT2D eigenvalue weighted by Crippen LogP contribution is 2.15. The smallest absolute Gasteiger partial charge is 0.123 e. The van der Waals surface area contributed by atoms with Crippen LogP contribution >= 0.6 is 12.4 Å². The van der Waals surface area contributed by atoms with E-state index in [-0.39, 0.29) is 24.0 Å². The Balaban J connectivity index is 0.00000225. The first kappa shape index (κ1) is 19.2. The van der Waals surface area contributed by atoms with Crippen molar-refractivity contribution in [3.05, 3.63) is 94.8 Å². The van der Waals surface area contributed by atoms with E-state index < -0.39 is 0 Å². The van der Waals surface area contributed by atoms with Gasteiger partial charge >= 0.3 is 0 Å². The van der Waals surface area contributed by atoms with Crippen LogP contribution in [0.15, 0.2) is 60.8 Å². The van der Waals surface area contributed by atoms with Gasteiger partial charge in [-0.15, -0.1) is 12.4 Å². The summed E-state index contributed by atoms with van der Waals surface area (Å²) < 4.78 is 33.9. The number of nitrogens with zero attached hydrogens (tertiary/aromatic N) is 1. The second-order valence-electron chi connectivity index (χ2n) is 5.80. The zero-order chi connectivity index (χ0) is 16.9. The molecule has 25 heavy (non-hydrogen) atoms. The van der Waals surface area contributed by atoms with E-state index in [0.29, 0.717) is 19.8 Å². The van der Waals surface area contributed by atoms with Crippen LogP contribution in [-0.2, 0) is 24.5 Å². The van der Waals surface area contributed by atoms with Crippen molar-refractivity contribution < 1.29 is 13.5 Å². The van der Waals surface area contributed by atoms with Crippen LogP contribution in [0, 0.1) is 18.6 Å². The van der Waals surface area contributed by atoms with E-state index in [1.165, 1.54) is 18.2 Å². The second kappa shape index (κ2) is 8.79. The molecule has 0 unspecified atom stereocenters. The fourth-order valence-corrected chi connectivity index (χ4v) is 2.61. The number of rotatable bonds is 6. The van der Waals surface area contributed by atoms with Crippen molar-refractivity contribution in [2.24, 2.45) is 0 Å². The highest BCUT2D eigenvalue weighted by Gasteiger charge is 2.06. The maximum absolute atomic E-state index is 13.3. The lowest BCUT2D eigenvalue weighted by Crippen LogP contribution is -2.02. The van der Waals surface area contributed by atoms with Gasteiger partial charge in [0.2, 0.25) is 0 Å². The number of halogens is 3. The summed E-state index contributed by atoms with van der Waals surface area (Å²) in [7, 11) is 0. The van der Waals surface area contributed by atoms with E-state index in [1.807, 2.05) is 25.3 Å². The average Bonchev–Trinajstić information content (AvgIpc) is 2.90. The van der Waals surface area contributed by atoms with Crippen molar-refractivity contribution in [1.29, 1.82) is 0 Å². The van der Waals surface area contributed by atoms with Gasteiger partial charge < -0.3 is 9.30 Å². The molecule has 0 fully saturated rings. The van der Waals surface area contributed by atoms with Crippen molar-refractivity contribution >= 4 is 12.4 Å². The number of benzene rings is 2.